The lowest BCUT2D eigenvalue weighted by atomic mass is 10.2. The van der Waals surface area contributed by atoms with Crippen LogP contribution in [0.5, 0.6) is 0 Å². The second-order valence-corrected chi connectivity index (χ2v) is 7.61. The van der Waals surface area contributed by atoms with Crippen LogP contribution in [0.1, 0.15) is 5.56 Å². The van der Waals surface area contributed by atoms with E-state index in [1.807, 2.05) is 30.3 Å². The van der Waals surface area contributed by atoms with Crippen LogP contribution in [0.2, 0.25) is 10.0 Å². The van der Waals surface area contributed by atoms with Gasteiger partial charge in [-0.1, -0.05) is 65.3 Å². The maximum atomic E-state index is 12.5. The van der Waals surface area contributed by atoms with Gasteiger partial charge in [0, 0.05) is 5.69 Å². The average Bonchev–Trinajstić information content (AvgIpc) is 2.86. The van der Waals surface area contributed by atoms with Gasteiger partial charge in [0.05, 0.1) is 15.0 Å². The Bertz CT molecular complexity index is 919. The molecule has 0 unspecified atom stereocenters. The number of rotatable bonds is 3. The molecule has 1 fully saturated rings. The second-order valence-electron chi connectivity index (χ2n) is 5.12. The van der Waals surface area contributed by atoms with Crippen molar-refractivity contribution in [1.29, 1.82) is 0 Å². The van der Waals surface area contributed by atoms with E-state index in [1.165, 1.54) is 6.07 Å². The lowest BCUT2D eigenvalue weighted by Crippen LogP contribution is -2.46. The summed E-state index contributed by atoms with van der Waals surface area (Å²) in [4.78, 5) is 25.0. The molecule has 2 N–H and O–H groups in total. The predicted octanol–water partition coefficient (Wildman–Crippen LogP) is 4.93. The third kappa shape index (κ3) is 4.37. The standard InChI is InChI=1S/C17H11Cl2N3O2S2/c18-12-7-6-11(9-13(12)19)20-16(24)21-22-15(23)14(26-17(22)25)8-10-4-2-1-3-5-10/h1-9H,(H2,20,21,24)/b14-8+. The lowest BCUT2D eigenvalue weighted by molar-refractivity contribution is -0.123. The number of hydrazine groups is 1. The zero-order chi connectivity index (χ0) is 18.7. The summed E-state index contributed by atoms with van der Waals surface area (Å²) in [5, 5.41) is 4.28. The van der Waals surface area contributed by atoms with Crippen molar-refractivity contribution in [3.63, 3.8) is 0 Å². The van der Waals surface area contributed by atoms with Gasteiger partial charge in [0.25, 0.3) is 5.91 Å². The summed E-state index contributed by atoms with van der Waals surface area (Å²) in [6.07, 6.45) is 1.72. The number of urea groups is 1. The maximum Gasteiger partial charge on any atom is 0.338 e. The Kier molecular flexibility index (Phi) is 5.83. The molecule has 0 radical (unpaired) electrons. The van der Waals surface area contributed by atoms with E-state index in [-0.39, 0.29) is 4.32 Å². The van der Waals surface area contributed by atoms with Gasteiger partial charge in [-0.2, -0.15) is 5.01 Å². The van der Waals surface area contributed by atoms with E-state index in [2.05, 4.69) is 10.7 Å². The monoisotopic (exact) mass is 423 g/mol. The number of anilines is 1. The van der Waals surface area contributed by atoms with Crippen LogP contribution in [0.3, 0.4) is 0 Å². The molecule has 9 heteroatoms. The van der Waals surface area contributed by atoms with Crippen LogP contribution in [0.4, 0.5) is 10.5 Å². The molecule has 0 atom stereocenters. The van der Waals surface area contributed by atoms with Gasteiger partial charge in [0.1, 0.15) is 0 Å². The summed E-state index contributed by atoms with van der Waals surface area (Å²) in [7, 11) is 0. The number of halogens is 2. The first kappa shape index (κ1) is 18.7. The Labute approximate surface area is 169 Å². The molecular formula is C17H11Cl2N3O2S2. The molecule has 0 saturated carbocycles. The van der Waals surface area contributed by atoms with Crippen molar-refractivity contribution >= 4 is 75.2 Å². The van der Waals surface area contributed by atoms with Crippen molar-refractivity contribution in [1.82, 2.24) is 10.4 Å². The van der Waals surface area contributed by atoms with E-state index in [1.54, 1.807) is 18.2 Å². The number of hydrogen-bond donors (Lipinski definition) is 2. The van der Waals surface area contributed by atoms with E-state index in [4.69, 9.17) is 35.4 Å². The molecule has 3 rings (SSSR count). The fourth-order valence-corrected chi connectivity index (χ4v) is 3.58. The first-order valence-electron chi connectivity index (χ1n) is 7.30. The van der Waals surface area contributed by atoms with Crippen molar-refractivity contribution in [2.24, 2.45) is 0 Å². The molecule has 0 aliphatic carbocycles. The average molecular weight is 424 g/mol. The summed E-state index contributed by atoms with van der Waals surface area (Å²) in [6.45, 7) is 0. The lowest BCUT2D eigenvalue weighted by Gasteiger charge is -2.16. The first-order valence-corrected chi connectivity index (χ1v) is 9.28. The maximum absolute atomic E-state index is 12.5. The van der Waals surface area contributed by atoms with Crippen LogP contribution in [0, 0.1) is 0 Å². The van der Waals surface area contributed by atoms with Crippen LogP contribution in [0.25, 0.3) is 6.08 Å². The van der Waals surface area contributed by atoms with Gasteiger partial charge in [-0.15, -0.1) is 0 Å². The summed E-state index contributed by atoms with van der Waals surface area (Å²) in [5.74, 6) is -0.395. The van der Waals surface area contributed by atoms with Crippen LogP contribution in [0.15, 0.2) is 53.4 Å². The minimum Gasteiger partial charge on any atom is -0.307 e. The zero-order valence-corrected chi connectivity index (χ0v) is 16.2. The van der Waals surface area contributed by atoms with E-state index >= 15 is 0 Å². The topological polar surface area (TPSA) is 61.4 Å². The van der Waals surface area contributed by atoms with Crippen molar-refractivity contribution in [2.45, 2.75) is 0 Å². The Hall–Kier alpha value is -2.06. The minimum atomic E-state index is -0.624. The van der Waals surface area contributed by atoms with Gasteiger partial charge < -0.3 is 5.32 Å². The van der Waals surface area contributed by atoms with Crippen molar-refractivity contribution in [3.8, 4) is 0 Å². The number of thiocarbonyl (C=S) groups is 1. The van der Waals surface area contributed by atoms with Crippen molar-refractivity contribution < 1.29 is 9.59 Å². The van der Waals surface area contributed by atoms with E-state index in [9.17, 15) is 9.59 Å². The molecule has 0 spiro atoms. The van der Waals surface area contributed by atoms with Crippen LogP contribution < -0.4 is 10.7 Å². The smallest absolute Gasteiger partial charge is 0.307 e. The second kappa shape index (κ2) is 8.09. The fourth-order valence-electron chi connectivity index (χ4n) is 2.10. The number of nitrogens with zero attached hydrogens (tertiary/aromatic N) is 1. The van der Waals surface area contributed by atoms with Crippen LogP contribution in [-0.4, -0.2) is 21.3 Å². The molecule has 26 heavy (non-hydrogen) atoms. The summed E-state index contributed by atoms with van der Waals surface area (Å²) >= 11 is 18.0. The van der Waals surface area contributed by atoms with Gasteiger partial charge in [0.15, 0.2) is 4.32 Å². The number of benzene rings is 2. The normalized spacial score (nSPS) is 15.5. The predicted molar refractivity (Wildman–Crippen MR) is 110 cm³/mol. The summed E-state index contributed by atoms with van der Waals surface area (Å²) < 4.78 is 0.237. The Balaban J connectivity index is 1.68. The number of thioether (sulfide) groups is 1. The van der Waals surface area contributed by atoms with E-state index < -0.39 is 11.9 Å². The number of amides is 3. The SMILES string of the molecule is O=C(Nc1ccc(Cl)c(Cl)c1)NN1C(=O)/C(=C\c2ccccc2)SC1=S. The molecular weight excluding hydrogens is 413 g/mol. The van der Waals surface area contributed by atoms with Crippen molar-refractivity contribution in [3.05, 3.63) is 69.0 Å². The van der Waals surface area contributed by atoms with Crippen LogP contribution >= 0.6 is 47.2 Å². The Morgan fingerprint density at radius 3 is 2.54 bits per heavy atom. The molecule has 3 amide bonds. The van der Waals surface area contributed by atoms with Gasteiger partial charge in [-0.05, 0) is 42.1 Å². The molecule has 2 aromatic rings. The molecule has 5 nitrogen and oxygen atoms in total. The van der Waals surface area contributed by atoms with Gasteiger partial charge >= 0.3 is 6.03 Å². The number of carbonyl (C=O) groups is 2. The molecule has 2 aromatic carbocycles. The molecule has 1 aliphatic heterocycles. The summed E-state index contributed by atoms with van der Waals surface area (Å²) in [5.41, 5.74) is 3.73. The highest BCUT2D eigenvalue weighted by Gasteiger charge is 2.33. The fraction of sp³-hybridized carbons (Fsp3) is 0. The first-order chi connectivity index (χ1) is 12.4. The third-order valence-electron chi connectivity index (χ3n) is 3.28. The highest BCUT2D eigenvalue weighted by molar-refractivity contribution is 8.26. The molecule has 1 saturated heterocycles. The number of hydrogen-bond acceptors (Lipinski definition) is 4. The number of nitrogens with one attached hydrogen (secondary N) is 2. The molecule has 1 aliphatic rings. The van der Waals surface area contributed by atoms with E-state index in [0.717, 1.165) is 22.3 Å². The molecule has 1 heterocycles. The number of carbonyl (C=O) groups excluding carboxylic acids is 2. The van der Waals surface area contributed by atoms with E-state index in [0.29, 0.717) is 20.6 Å². The Morgan fingerprint density at radius 1 is 1.12 bits per heavy atom. The zero-order valence-electron chi connectivity index (χ0n) is 13.0. The quantitative estimate of drug-likeness (QED) is 0.542. The van der Waals surface area contributed by atoms with Gasteiger partial charge in [0.2, 0.25) is 0 Å². The molecule has 132 valence electrons. The largest absolute Gasteiger partial charge is 0.338 e. The minimum absolute atomic E-state index is 0.237. The highest BCUT2D eigenvalue weighted by atomic mass is 35.5. The van der Waals surface area contributed by atoms with Crippen LogP contribution in [-0.2, 0) is 4.79 Å². The molecule has 0 bridgehead atoms. The molecule has 0 aromatic heterocycles. The van der Waals surface area contributed by atoms with Gasteiger partial charge in [-0.25, -0.2) is 10.2 Å². The third-order valence-corrected chi connectivity index (χ3v) is 5.32. The Morgan fingerprint density at radius 2 is 1.85 bits per heavy atom. The van der Waals surface area contributed by atoms with Gasteiger partial charge in [-0.3, -0.25) is 4.79 Å². The summed E-state index contributed by atoms with van der Waals surface area (Å²) in [6, 6.07) is 13.4. The highest BCUT2D eigenvalue weighted by Crippen LogP contribution is 2.31. The van der Waals surface area contributed by atoms with Crippen molar-refractivity contribution in [2.75, 3.05) is 5.32 Å².